The lowest BCUT2D eigenvalue weighted by molar-refractivity contribution is -0.118. The molecule has 0 atom stereocenters. The fraction of sp³-hybridized carbons (Fsp3) is 0.444. The molecule has 0 radical (unpaired) electrons. The van der Waals surface area contributed by atoms with E-state index in [0.717, 1.165) is 24.2 Å². The molecule has 0 bridgehead atoms. The standard InChI is InChI=1S/C9H11N3OS/c1-12-5-4-14-7(10)6(5)11-8(13)9(12)2-3-9/h4H,2-3,10H2,1H3,(H,11,13). The first kappa shape index (κ1) is 8.11. The molecule has 1 saturated carbocycles. The number of hydrogen-bond acceptors (Lipinski definition) is 4. The molecule has 1 aromatic rings. The van der Waals surface area contributed by atoms with Gasteiger partial charge in [-0.1, -0.05) is 0 Å². The molecule has 74 valence electrons. The SMILES string of the molecule is CN1c2csc(N)c2NC(=O)C12CC2. The lowest BCUT2D eigenvalue weighted by Crippen LogP contribution is -2.48. The first-order chi connectivity index (χ1) is 6.65. The van der Waals surface area contributed by atoms with E-state index >= 15 is 0 Å². The number of anilines is 3. The van der Waals surface area contributed by atoms with Crippen molar-refractivity contribution < 1.29 is 4.79 Å². The Morgan fingerprint density at radius 1 is 1.64 bits per heavy atom. The van der Waals surface area contributed by atoms with Crippen molar-refractivity contribution in [3.05, 3.63) is 5.38 Å². The lowest BCUT2D eigenvalue weighted by Gasteiger charge is -2.33. The summed E-state index contributed by atoms with van der Waals surface area (Å²) in [6, 6.07) is 0. The lowest BCUT2D eigenvalue weighted by atomic mass is 10.1. The second-order valence-corrected chi connectivity index (χ2v) is 4.82. The number of thiophene rings is 1. The predicted octanol–water partition coefficient (Wildman–Crippen LogP) is 1.25. The van der Waals surface area contributed by atoms with Gasteiger partial charge in [0.1, 0.15) is 10.5 Å². The molecular formula is C9H11N3OS. The molecule has 0 saturated heterocycles. The van der Waals surface area contributed by atoms with E-state index in [0.29, 0.717) is 5.00 Å². The fourth-order valence-electron chi connectivity index (χ4n) is 2.03. The highest BCUT2D eigenvalue weighted by Gasteiger charge is 2.56. The van der Waals surface area contributed by atoms with Gasteiger partial charge in [-0.2, -0.15) is 0 Å². The number of rotatable bonds is 0. The second kappa shape index (κ2) is 2.23. The van der Waals surface area contributed by atoms with Crippen LogP contribution >= 0.6 is 11.3 Å². The van der Waals surface area contributed by atoms with Crippen molar-refractivity contribution in [3.8, 4) is 0 Å². The zero-order chi connectivity index (χ0) is 9.92. The summed E-state index contributed by atoms with van der Waals surface area (Å²) in [6.45, 7) is 0. The maximum absolute atomic E-state index is 11.8. The monoisotopic (exact) mass is 209 g/mol. The average Bonchev–Trinajstić information content (AvgIpc) is 2.88. The summed E-state index contributed by atoms with van der Waals surface area (Å²) in [6.07, 6.45) is 1.90. The van der Waals surface area contributed by atoms with Gasteiger partial charge in [0, 0.05) is 12.4 Å². The molecule has 3 N–H and O–H groups in total. The van der Waals surface area contributed by atoms with E-state index in [-0.39, 0.29) is 11.4 Å². The Labute approximate surface area is 85.7 Å². The van der Waals surface area contributed by atoms with Crippen LogP contribution in [0.4, 0.5) is 16.4 Å². The third-order valence-electron chi connectivity index (χ3n) is 3.19. The van der Waals surface area contributed by atoms with Crippen molar-refractivity contribution in [2.24, 2.45) is 0 Å². The highest BCUT2D eigenvalue weighted by atomic mass is 32.1. The van der Waals surface area contributed by atoms with Crippen LogP contribution in [0.1, 0.15) is 12.8 Å². The fourth-order valence-corrected chi connectivity index (χ4v) is 2.82. The van der Waals surface area contributed by atoms with Crippen LogP contribution in [0.2, 0.25) is 0 Å². The molecule has 5 heteroatoms. The summed E-state index contributed by atoms with van der Waals surface area (Å²) >= 11 is 1.48. The average molecular weight is 209 g/mol. The molecule has 4 nitrogen and oxygen atoms in total. The molecule has 1 aliphatic carbocycles. The number of amides is 1. The zero-order valence-corrected chi connectivity index (χ0v) is 8.65. The van der Waals surface area contributed by atoms with Gasteiger partial charge >= 0.3 is 0 Å². The number of nitrogen functional groups attached to an aromatic ring is 1. The maximum atomic E-state index is 11.8. The van der Waals surface area contributed by atoms with E-state index in [9.17, 15) is 4.79 Å². The molecule has 1 amide bonds. The van der Waals surface area contributed by atoms with Crippen molar-refractivity contribution >= 4 is 33.6 Å². The third-order valence-corrected chi connectivity index (χ3v) is 3.99. The number of likely N-dealkylation sites (N-methyl/N-ethyl adjacent to an activating group) is 1. The summed E-state index contributed by atoms with van der Waals surface area (Å²) in [7, 11) is 1.97. The van der Waals surface area contributed by atoms with Gasteiger partial charge < -0.3 is 16.0 Å². The van der Waals surface area contributed by atoms with Crippen LogP contribution in [0.3, 0.4) is 0 Å². The largest absolute Gasteiger partial charge is 0.389 e. The highest BCUT2D eigenvalue weighted by Crippen LogP contribution is 2.52. The predicted molar refractivity (Wildman–Crippen MR) is 57.7 cm³/mol. The van der Waals surface area contributed by atoms with Crippen molar-refractivity contribution in [3.63, 3.8) is 0 Å². The molecule has 1 spiro atoms. The summed E-state index contributed by atoms with van der Waals surface area (Å²) in [5.74, 6) is 0.0950. The smallest absolute Gasteiger partial charge is 0.250 e. The van der Waals surface area contributed by atoms with Crippen LogP contribution < -0.4 is 16.0 Å². The molecule has 3 rings (SSSR count). The number of carbonyl (C=O) groups excluding carboxylic acids is 1. The van der Waals surface area contributed by atoms with E-state index in [1.54, 1.807) is 0 Å². The van der Waals surface area contributed by atoms with E-state index in [4.69, 9.17) is 5.73 Å². The molecule has 2 heterocycles. The number of nitrogens with two attached hydrogens (primary N) is 1. The Morgan fingerprint density at radius 2 is 2.36 bits per heavy atom. The summed E-state index contributed by atoms with van der Waals surface area (Å²) in [5.41, 5.74) is 7.36. The number of carbonyl (C=O) groups is 1. The number of fused-ring (bicyclic) bond motifs is 1. The van der Waals surface area contributed by atoms with E-state index in [2.05, 4.69) is 10.2 Å². The number of hydrogen-bond donors (Lipinski definition) is 2. The Morgan fingerprint density at radius 3 is 3.00 bits per heavy atom. The molecule has 1 aliphatic heterocycles. The van der Waals surface area contributed by atoms with Gasteiger partial charge in [-0.05, 0) is 12.8 Å². The van der Waals surface area contributed by atoms with Crippen molar-refractivity contribution in [1.82, 2.24) is 0 Å². The van der Waals surface area contributed by atoms with E-state index in [1.165, 1.54) is 11.3 Å². The van der Waals surface area contributed by atoms with Gasteiger partial charge in [0.2, 0.25) is 5.91 Å². The summed E-state index contributed by atoms with van der Waals surface area (Å²) in [4.78, 5) is 13.9. The Kier molecular flexibility index (Phi) is 1.29. The Bertz CT molecular complexity index is 422. The van der Waals surface area contributed by atoms with Crippen LogP contribution in [0.5, 0.6) is 0 Å². The molecule has 14 heavy (non-hydrogen) atoms. The zero-order valence-electron chi connectivity index (χ0n) is 7.83. The molecule has 1 aromatic heterocycles. The number of nitrogens with one attached hydrogen (secondary N) is 1. The quantitative estimate of drug-likeness (QED) is 0.676. The van der Waals surface area contributed by atoms with E-state index in [1.807, 2.05) is 12.4 Å². The van der Waals surface area contributed by atoms with Crippen LogP contribution in [0.25, 0.3) is 0 Å². The second-order valence-electron chi connectivity index (χ2n) is 3.90. The minimum atomic E-state index is -0.263. The molecule has 0 unspecified atom stereocenters. The molecule has 0 aromatic carbocycles. The van der Waals surface area contributed by atoms with Crippen LogP contribution in [0, 0.1) is 0 Å². The van der Waals surface area contributed by atoms with Crippen LogP contribution in [-0.2, 0) is 4.79 Å². The summed E-state index contributed by atoms with van der Waals surface area (Å²) < 4.78 is 0. The maximum Gasteiger partial charge on any atom is 0.250 e. The Hall–Kier alpha value is -1.23. The van der Waals surface area contributed by atoms with Gasteiger partial charge in [0.15, 0.2) is 0 Å². The van der Waals surface area contributed by atoms with Gasteiger partial charge in [-0.25, -0.2) is 0 Å². The van der Waals surface area contributed by atoms with Crippen molar-refractivity contribution in [2.75, 3.05) is 23.0 Å². The number of nitrogens with zero attached hydrogens (tertiary/aromatic N) is 1. The van der Waals surface area contributed by atoms with Gasteiger partial charge in [-0.15, -0.1) is 11.3 Å². The van der Waals surface area contributed by atoms with Crippen molar-refractivity contribution in [1.29, 1.82) is 0 Å². The normalized spacial score (nSPS) is 22.1. The minimum Gasteiger partial charge on any atom is -0.389 e. The summed E-state index contributed by atoms with van der Waals surface area (Å²) in [5, 5.41) is 5.59. The molecule has 2 aliphatic rings. The van der Waals surface area contributed by atoms with Gasteiger partial charge in [-0.3, -0.25) is 4.79 Å². The molecular weight excluding hydrogens is 198 g/mol. The van der Waals surface area contributed by atoms with Gasteiger partial charge in [0.25, 0.3) is 0 Å². The minimum absolute atomic E-state index is 0.0950. The first-order valence-corrected chi connectivity index (χ1v) is 5.45. The van der Waals surface area contributed by atoms with Crippen LogP contribution in [0.15, 0.2) is 5.38 Å². The van der Waals surface area contributed by atoms with Crippen molar-refractivity contribution in [2.45, 2.75) is 18.4 Å². The highest BCUT2D eigenvalue weighted by molar-refractivity contribution is 7.15. The topological polar surface area (TPSA) is 58.4 Å². The van der Waals surface area contributed by atoms with Crippen LogP contribution in [-0.4, -0.2) is 18.5 Å². The Balaban J connectivity index is 2.15. The molecule has 1 fully saturated rings. The first-order valence-electron chi connectivity index (χ1n) is 4.57. The third kappa shape index (κ3) is 0.760. The van der Waals surface area contributed by atoms with Gasteiger partial charge in [0.05, 0.1) is 11.4 Å². The van der Waals surface area contributed by atoms with E-state index < -0.39 is 0 Å².